The second-order valence-electron chi connectivity index (χ2n) is 3.57. The van der Waals surface area contributed by atoms with Gasteiger partial charge in [-0.25, -0.2) is 0 Å². The molecule has 0 fully saturated rings. The lowest BCUT2D eigenvalue weighted by Crippen LogP contribution is -1.96. The lowest BCUT2D eigenvalue weighted by Gasteiger charge is -2.07. The molecule has 0 N–H and O–H groups in total. The van der Waals surface area contributed by atoms with Gasteiger partial charge in [-0.1, -0.05) is 41.9 Å². The van der Waals surface area contributed by atoms with E-state index in [1.54, 1.807) is 18.2 Å². The highest BCUT2D eigenvalue weighted by Gasteiger charge is 2.00. The van der Waals surface area contributed by atoms with Gasteiger partial charge in [-0.15, -0.1) is 0 Å². The van der Waals surface area contributed by atoms with Crippen LogP contribution in [0.5, 0.6) is 5.75 Å². The number of halogens is 1. The van der Waals surface area contributed by atoms with Crippen molar-refractivity contribution < 1.29 is 9.53 Å². The standard InChI is InChI=1S/C14H11ClO2/c15-14-7-2-1-5-12(14)10-17-13-6-3-4-11(8-13)9-16/h1-9H,10H2. The Morgan fingerprint density at radius 2 is 1.94 bits per heavy atom. The lowest BCUT2D eigenvalue weighted by molar-refractivity contribution is 0.112. The molecular weight excluding hydrogens is 236 g/mol. The van der Waals surface area contributed by atoms with Crippen LogP contribution < -0.4 is 4.74 Å². The van der Waals surface area contributed by atoms with Crippen molar-refractivity contribution in [2.45, 2.75) is 6.61 Å². The molecule has 86 valence electrons. The average molecular weight is 247 g/mol. The molecule has 0 aliphatic carbocycles. The maximum absolute atomic E-state index is 10.6. The zero-order chi connectivity index (χ0) is 12.1. The van der Waals surface area contributed by atoms with Crippen LogP contribution in [0.4, 0.5) is 0 Å². The van der Waals surface area contributed by atoms with Gasteiger partial charge in [-0.3, -0.25) is 4.79 Å². The fourth-order valence-corrected chi connectivity index (χ4v) is 1.64. The Bertz CT molecular complexity index is 523. The van der Waals surface area contributed by atoms with Gasteiger partial charge in [0.15, 0.2) is 0 Å². The number of rotatable bonds is 4. The molecule has 0 bridgehead atoms. The minimum atomic E-state index is 0.391. The first kappa shape index (κ1) is 11.7. The quantitative estimate of drug-likeness (QED) is 0.769. The zero-order valence-electron chi connectivity index (χ0n) is 9.10. The van der Waals surface area contributed by atoms with Crippen molar-refractivity contribution in [1.29, 1.82) is 0 Å². The molecule has 0 heterocycles. The van der Waals surface area contributed by atoms with E-state index in [1.807, 2.05) is 30.3 Å². The van der Waals surface area contributed by atoms with Crippen LogP contribution in [0.25, 0.3) is 0 Å². The monoisotopic (exact) mass is 246 g/mol. The molecule has 2 aromatic carbocycles. The zero-order valence-corrected chi connectivity index (χ0v) is 9.85. The topological polar surface area (TPSA) is 26.3 Å². The van der Waals surface area contributed by atoms with Crippen molar-refractivity contribution in [3.05, 3.63) is 64.7 Å². The van der Waals surface area contributed by atoms with E-state index in [0.717, 1.165) is 11.8 Å². The Balaban J connectivity index is 2.07. The fourth-order valence-electron chi connectivity index (χ4n) is 1.45. The fraction of sp³-hybridized carbons (Fsp3) is 0.0714. The third kappa shape index (κ3) is 3.08. The Hall–Kier alpha value is -1.80. The van der Waals surface area contributed by atoms with Crippen LogP contribution in [0.3, 0.4) is 0 Å². The van der Waals surface area contributed by atoms with Crippen LogP contribution in [0.15, 0.2) is 48.5 Å². The first-order chi connectivity index (χ1) is 8.29. The highest BCUT2D eigenvalue weighted by Crippen LogP contribution is 2.18. The van der Waals surface area contributed by atoms with Crippen LogP contribution in [0, 0.1) is 0 Å². The van der Waals surface area contributed by atoms with E-state index in [0.29, 0.717) is 22.9 Å². The van der Waals surface area contributed by atoms with Gasteiger partial charge in [0, 0.05) is 16.1 Å². The number of benzene rings is 2. The molecule has 2 aromatic rings. The van der Waals surface area contributed by atoms with E-state index in [1.165, 1.54) is 0 Å². The summed E-state index contributed by atoms with van der Waals surface area (Å²) < 4.78 is 5.57. The lowest BCUT2D eigenvalue weighted by atomic mass is 10.2. The van der Waals surface area contributed by atoms with E-state index >= 15 is 0 Å². The van der Waals surface area contributed by atoms with Gasteiger partial charge in [0.25, 0.3) is 0 Å². The molecule has 0 aromatic heterocycles. The van der Waals surface area contributed by atoms with Gasteiger partial charge < -0.3 is 4.74 Å². The molecule has 2 rings (SSSR count). The predicted molar refractivity (Wildman–Crippen MR) is 67.6 cm³/mol. The normalized spacial score (nSPS) is 9.94. The number of carbonyl (C=O) groups excluding carboxylic acids is 1. The summed E-state index contributed by atoms with van der Waals surface area (Å²) in [6.07, 6.45) is 0.794. The summed E-state index contributed by atoms with van der Waals surface area (Å²) in [4.78, 5) is 10.6. The Morgan fingerprint density at radius 3 is 2.71 bits per heavy atom. The van der Waals surface area contributed by atoms with Gasteiger partial charge in [0.05, 0.1) is 0 Å². The van der Waals surface area contributed by atoms with Crippen LogP contribution in [0.2, 0.25) is 5.02 Å². The van der Waals surface area contributed by atoms with E-state index in [2.05, 4.69) is 0 Å². The van der Waals surface area contributed by atoms with Gasteiger partial charge in [-0.2, -0.15) is 0 Å². The third-order valence-electron chi connectivity index (χ3n) is 2.35. The minimum Gasteiger partial charge on any atom is -0.489 e. The number of hydrogen-bond acceptors (Lipinski definition) is 2. The van der Waals surface area contributed by atoms with Gasteiger partial charge >= 0.3 is 0 Å². The van der Waals surface area contributed by atoms with Gasteiger partial charge in [0.1, 0.15) is 18.6 Å². The largest absolute Gasteiger partial charge is 0.489 e. The van der Waals surface area contributed by atoms with Gasteiger partial charge in [-0.05, 0) is 18.2 Å². The number of ether oxygens (including phenoxy) is 1. The molecule has 17 heavy (non-hydrogen) atoms. The molecule has 0 saturated heterocycles. The van der Waals surface area contributed by atoms with E-state index < -0.39 is 0 Å². The van der Waals surface area contributed by atoms with Crippen LogP contribution in [0.1, 0.15) is 15.9 Å². The molecule has 0 aliphatic rings. The smallest absolute Gasteiger partial charge is 0.150 e. The predicted octanol–water partition coefficient (Wildman–Crippen LogP) is 3.73. The van der Waals surface area contributed by atoms with Crippen molar-refractivity contribution in [3.63, 3.8) is 0 Å². The molecule has 0 aliphatic heterocycles. The first-order valence-corrected chi connectivity index (χ1v) is 5.59. The second kappa shape index (κ2) is 5.51. The average Bonchev–Trinajstić information content (AvgIpc) is 2.38. The molecular formula is C14H11ClO2. The van der Waals surface area contributed by atoms with Crippen molar-refractivity contribution in [2.24, 2.45) is 0 Å². The van der Waals surface area contributed by atoms with Crippen molar-refractivity contribution in [2.75, 3.05) is 0 Å². The van der Waals surface area contributed by atoms with Crippen molar-refractivity contribution in [3.8, 4) is 5.75 Å². The van der Waals surface area contributed by atoms with E-state index in [9.17, 15) is 4.79 Å². The van der Waals surface area contributed by atoms with Crippen LogP contribution >= 0.6 is 11.6 Å². The van der Waals surface area contributed by atoms with Crippen molar-refractivity contribution >= 4 is 17.9 Å². The molecule has 3 heteroatoms. The summed E-state index contributed by atoms with van der Waals surface area (Å²) in [7, 11) is 0. The summed E-state index contributed by atoms with van der Waals surface area (Å²) in [5.74, 6) is 0.662. The summed E-state index contributed by atoms with van der Waals surface area (Å²) in [6.45, 7) is 0.391. The maximum Gasteiger partial charge on any atom is 0.150 e. The number of hydrogen-bond donors (Lipinski definition) is 0. The molecule has 0 amide bonds. The highest BCUT2D eigenvalue weighted by atomic mass is 35.5. The number of carbonyl (C=O) groups is 1. The Kier molecular flexibility index (Phi) is 3.78. The minimum absolute atomic E-state index is 0.391. The molecule has 0 spiro atoms. The SMILES string of the molecule is O=Cc1cccc(OCc2ccccc2Cl)c1. The summed E-state index contributed by atoms with van der Waals surface area (Å²) >= 11 is 6.01. The maximum atomic E-state index is 10.6. The molecule has 0 unspecified atom stereocenters. The molecule has 2 nitrogen and oxygen atoms in total. The Morgan fingerprint density at radius 1 is 1.12 bits per heavy atom. The summed E-state index contributed by atoms with van der Waals surface area (Å²) in [5, 5.41) is 0.680. The molecule has 0 atom stereocenters. The van der Waals surface area contributed by atoms with Crippen molar-refractivity contribution in [1.82, 2.24) is 0 Å². The summed E-state index contributed by atoms with van der Waals surface area (Å²) in [5.41, 5.74) is 1.52. The first-order valence-electron chi connectivity index (χ1n) is 5.21. The third-order valence-corrected chi connectivity index (χ3v) is 2.72. The van der Waals surface area contributed by atoms with E-state index in [-0.39, 0.29) is 0 Å². The molecule has 0 radical (unpaired) electrons. The van der Waals surface area contributed by atoms with E-state index in [4.69, 9.17) is 16.3 Å². The van der Waals surface area contributed by atoms with Crippen LogP contribution in [-0.2, 0) is 6.61 Å². The number of aldehydes is 1. The second-order valence-corrected chi connectivity index (χ2v) is 3.98. The van der Waals surface area contributed by atoms with Gasteiger partial charge in [0.2, 0.25) is 0 Å². The Labute approximate surface area is 105 Å². The van der Waals surface area contributed by atoms with Crippen LogP contribution in [-0.4, -0.2) is 6.29 Å². The summed E-state index contributed by atoms with van der Waals surface area (Å²) in [6, 6.07) is 14.5. The molecule has 0 saturated carbocycles. The highest BCUT2D eigenvalue weighted by molar-refractivity contribution is 6.31.